The Labute approximate surface area is 118 Å². The lowest BCUT2D eigenvalue weighted by atomic mass is 10.2. The van der Waals surface area contributed by atoms with Crippen LogP contribution in [0, 0.1) is 0 Å². The Balaban J connectivity index is 2.68. The van der Waals surface area contributed by atoms with E-state index in [-0.39, 0.29) is 6.54 Å². The highest BCUT2D eigenvalue weighted by Gasteiger charge is 2.19. The summed E-state index contributed by atoms with van der Waals surface area (Å²) in [4.78, 5) is 10.9. The summed E-state index contributed by atoms with van der Waals surface area (Å²) in [6.07, 6.45) is 0. The van der Waals surface area contributed by atoms with Gasteiger partial charge >= 0.3 is 5.97 Å². The van der Waals surface area contributed by atoms with Gasteiger partial charge in [-0.25, -0.2) is 0 Å². The SMILES string of the molecule is COC(=O)CNS(=O)(=O)N(C)Cc1cccc(OC)c1. The second kappa shape index (κ2) is 7.22. The number of ether oxygens (including phenoxy) is 2. The Morgan fingerprint density at radius 2 is 2.05 bits per heavy atom. The molecule has 20 heavy (non-hydrogen) atoms. The van der Waals surface area contributed by atoms with Crippen LogP contribution in [0.4, 0.5) is 0 Å². The average molecular weight is 302 g/mol. The smallest absolute Gasteiger partial charge is 0.320 e. The number of nitrogens with zero attached hydrogens (tertiary/aromatic N) is 1. The van der Waals surface area contributed by atoms with Crippen molar-refractivity contribution in [2.45, 2.75) is 6.54 Å². The van der Waals surface area contributed by atoms with Gasteiger partial charge in [0.2, 0.25) is 0 Å². The van der Waals surface area contributed by atoms with Gasteiger partial charge in [-0.1, -0.05) is 12.1 Å². The Kier molecular flexibility index (Phi) is 5.93. The number of benzene rings is 1. The van der Waals surface area contributed by atoms with Gasteiger partial charge in [-0.2, -0.15) is 17.4 Å². The Morgan fingerprint density at radius 3 is 2.65 bits per heavy atom. The molecule has 7 nitrogen and oxygen atoms in total. The molecule has 0 amide bonds. The maximum Gasteiger partial charge on any atom is 0.320 e. The van der Waals surface area contributed by atoms with Gasteiger partial charge in [-0.05, 0) is 17.7 Å². The van der Waals surface area contributed by atoms with Crippen molar-refractivity contribution in [2.75, 3.05) is 27.8 Å². The monoisotopic (exact) mass is 302 g/mol. The predicted octanol–water partition coefficient (Wildman–Crippen LogP) is 0.134. The van der Waals surface area contributed by atoms with E-state index in [1.807, 2.05) is 0 Å². The minimum absolute atomic E-state index is 0.160. The van der Waals surface area contributed by atoms with E-state index >= 15 is 0 Å². The lowest BCUT2D eigenvalue weighted by Crippen LogP contribution is -2.40. The molecule has 0 saturated heterocycles. The number of esters is 1. The first-order chi connectivity index (χ1) is 9.39. The maximum absolute atomic E-state index is 11.9. The van der Waals surface area contributed by atoms with E-state index in [4.69, 9.17) is 4.74 Å². The summed E-state index contributed by atoms with van der Waals surface area (Å²) in [6, 6.07) is 7.07. The van der Waals surface area contributed by atoms with E-state index in [2.05, 4.69) is 9.46 Å². The van der Waals surface area contributed by atoms with Gasteiger partial charge < -0.3 is 9.47 Å². The minimum atomic E-state index is -3.74. The van der Waals surface area contributed by atoms with Gasteiger partial charge in [-0.15, -0.1) is 0 Å². The number of carbonyl (C=O) groups excluding carboxylic acids is 1. The lowest BCUT2D eigenvalue weighted by Gasteiger charge is -2.17. The molecule has 1 N–H and O–H groups in total. The van der Waals surface area contributed by atoms with Crippen molar-refractivity contribution >= 4 is 16.2 Å². The predicted molar refractivity (Wildman–Crippen MR) is 73.4 cm³/mol. The van der Waals surface area contributed by atoms with Crippen LogP contribution in [0.1, 0.15) is 5.56 Å². The van der Waals surface area contributed by atoms with E-state index in [9.17, 15) is 13.2 Å². The van der Waals surface area contributed by atoms with E-state index in [0.29, 0.717) is 5.75 Å². The van der Waals surface area contributed by atoms with Gasteiger partial charge in [0.25, 0.3) is 10.2 Å². The van der Waals surface area contributed by atoms with Crippen LogP contribution in [-0.2, 0) is 26.3 Å². The molecular formula is C12H18N2O5S. The molecule has 0 atom stereocenters. The normalized spacial score (nSPS) is 11.4. The number of nitrogens with one attached hydrogen (secondary N) is 1. The molecule has 0 spiro atoms. The van der Waals surface area contributed by atoms with Crippen molar-refractivity contribution in [3.63, 3.8) is 0 Å². The summed E-state index contributed by atoms with van der Waals surface area (Å²) < 4.78 is 36.5. The standard InChI is InChI=1S/C12H18N2O5S/c1-14(20(16,17)13-8-12(15)19-3)9-10-5-4-6-11(7-10)18-2/h4-7,13H,8-9H2,1-3H3. The molecule has 112 valence electrons. The molecule has 0 aliphatic rings. The molecule has 0 aromatic heterocycles. The topological polar surface area (TPSA) is 84.9 Å². The molecule has 0 heterocycles. The summed E-state index contributed by atoms with van der Waals surface area (Å²) in [6.45, 7) is -0.241. The zero-order valence-corrected chi connectivity index (χ0v) is 12.4. The van der Waals surface area contributed by atoms with Gasteiger partial charge in [0.15, 0.2) is 0 Å². The highest BCUT2D eigenvalue weighted by atomic mass is 32.2. The van der Waals surface area contributed by atoms with Crippen LogP contribution in [0.2, 0.25) is 0 Å². The van der Waals surface area contributed by atoms with Crippen molar-refractivity contribution in [3.8, 4) is 5.75 Å². The molecule has 0 unspecified atom stereocenters. The molecule has 0 aliphatic carbocycles. The average Bonchev–Trinajstić information content (AvgIpc) is 2.44. The van der Waals surface area contributed by atoms with Crippen molar-refractivity contribution in [1.82, 2.24) is 9.03 Å². The van der Waals surface area contributed by atoms with E-state index in [1.54, 1.807) is 24.3 Å². The summed E-state index contributed by atoms with van der Waals surface area (Å²) in [5, 5.41) is 0. The second-order valence-corrected chi connectivity index (χ2v) is 5.87. The Hall–Kier alpha value is -1.64. The third-order valence-electron chi connectivity index (χ3n) is 2.58. The summed E-state index contributed by atoms with van der Waals surface area (Å²) in [5.74, 6) is -0.000766. The summed E-state index contributed by atoms with van der Waals surface area (Å²) >= 11 is 0. The summed E-state index contributed by atoms with van der Waals surface area (Å²) in [5.41, 5.74) is 0.773. The Morgan fingerprint density at radius 1 is 1.35 bits per heavy atom. The van der Waals surface area contributed by atoms with Crippen molar-refractivity contribution in [2.24, 2.45) is 0 Å². The van der Waals surface area contributed by atoms with Crippen molar-refractivity contribution in [1.29, 1.82) is 0 Å². The van der Waals surface area contributed by atoms with Crippen molar-refractivity contribution in [3.05, 3.63) is 29.8 Å². The first kappa shape index (κ1) is 16.4. The number of methoxy groups -OCH3 is 2. The molecule has 0 bridgehead atoms. The van der Waals surface area contributed by atoms with E-state index in [0.717, 1.165) is 9.87 Å². The molecule has 1 aromatic carbocycles. The third-order valence-corrected chi connectivity index (χ3v) is 4.04. The number of hydrogen-bond donors (Lipinski definition) is 1. The van der Waals surface area contributed by atoms with Crippen LogP contribution in [0.15, 0.2) is 24.3 Å². The minimum Gasteiger partial charge on any atom is -0.497 e. The number of rotatable bonds is 7. The van der Waals surface area contributed by atoms with E-state index in [1.165, 1.54) is 21.3 Å². The summed E-state index contributed by atoms with van der Waals surface area (Å²) in [7, 11) is 0.404. The Bertz CT molecular complexity index is 559. The van der Waals surface area contributed by atoms with Gasteiger partial charge in [-0.3, -0.25) is 4.79 Å². The first-order valence-electron chi connectivity index (χ1n) is 5.79. The third kappa shape index (κ3) is 4.80. The van der Waals surface area contributed by atoms with Gasteiger partial charge in [0.1, 0.15) is 12.3 Å². The first-order valence-corrected chi connectivity index (χ1v) is 7.23. The molecule has 8 heteroatoms. The zero-order valence-electron chi connectivity index (χ0n) is 11.6. The van der Waals surface area contributed by atoms with Crippen LogP contribution in [0.25, 0.3) is 0 Å². The highest BCUT2D eigenvalue weighted by Crippen LogP contribution is 2.14. The van der Waals surface area contributed by atoms with Gasteiger partial charge in [0, 0.05) is 13.6 Å². The molecule has 1 aromatic rings. The molecular weight excluding hydrogens is 284 g/mol. The van der Waals surface area contributed by atoms with Crippen molar-refractivity contribution < 1.29 is 22.7 Å². The second-order valence-electron chi connectivity index (χ2n) is 4.01. The molecule has 0 saturated carbocycles. The maximum atomic E-state index is 11.9. The van der Waals surface area contributed by atoms with Crippen LogP contribution >= 0.6 is 0 Å². The van der Waals surface area contributed by atoms with Crippen LogP contribution in [0.3, 0.4) is 0 Å². The van der Waals surface area contributed by atoms with Crippen LogP contribution in [-0.4, -0.2) is 46.5 Å². The quantitative estimate of drug-likeness (QED) is 0.724. The highest BCUT2D eigenvalue weighted by molar-refractivity contribution is 7.87. The molecule has 0 aliphatic heterocycles. The molecule has 0 radical (unpaired) electrons. The fourth-order valence-electron chi connectivity index (χ4n) is 1.45. The molecule has 0 fully saturated rings. The number of hydrogen-bond acceptors (Lipinski definition) is 5. The fourth-order valence-corrected chi connectivity index (χ4v) is 2.29. The van der Waals surface area contributed by atoms with Gasteiger partial charge in [0.05, 0.1) is 14.2 Å². The molecule has 1 rings (SSSR count). The fraction of sp³-hybridized carbons (Fsp3) is 0.417. The van der Waals surface area contributed by atoms with Crippen LogP contribution < -0.4 is 9.46 Å². The van der Waals surface area contributed by atoms with Crippen LogP contribution in [0.5, 0.6) is 5.75 Å². The zero-order chi connectivity index (χ0) is 15.2. The largest absolute Gasteiger partial charge is 0.497 e. The lowest BCUT2D eigenvalue weighted by molar-refractivity contribution is -0.139. The van der Waals surface area contributed by atoms with E-state index < -0.39 is 22.7 Å². The number of carbonyl (C=O) groups is 1.